The van der Waals surface area contributed by atoms with E-state index in [0.717, 1.165) is 6.42 Å². The van der Waals surface area contributed by atoms with Gasteiger partial charge in [0.15, 0.2) is 11.1 Å². The number of carbonyl (C=O) groups is 1. The van der Waals surface area contributed by atoms with Gasteiger partial charge in [-0.25, -0.2) is 15.0 Å². The zero-order chi connectivity index (χ0) is 18.7. The quantitative estimate of drug-likeness (QED) is 0.170. The maximum Gasteiger partial charge on any atom is 0.408 e. The van der Waals surface area contributed by atoms with Crippen molar-refractivity contribution in [3.05, 3.63) is 12.3 Å². The summed E-state index contributed by atoms with van der Waals surface area (Å²) in [7, 11) is 0. The molecule has 0 aliphatic heterocycles. The average Bonchev–Trinajstić information content (AvgIpc) is 2.53. The number of esters is 1. The van der Waals surface area contributed by atoms with E-state index in [1.165, 1.54) is 24.0 Å². The third kappa shape index (κ3) is 10.4. The fraction of sp³-hybridized carbons (Fsp3) is 0.571. The van der Waals surface area contributed by atoms with Crippen molar-refractivity contribution in [2.45, 2.75) is 37.5 Å². The number of carbonyl (C=O) groups excluding carboxylic acids is 1. The monoisotopic (exact) mass is 379 g/mol. The van der Waals surface area contributed by atoms with Crippen LogP contribution in [-0.4, -0.2) is 47.0 Å². The number of hydrogen-bond donors (Lipinski definition) is 2. The molecule has 0 aromatic carbocycles. The molecular formula is C14H20F3N5O2S. The number of aliphatic imine (C=N–C) groups is 1. The standard InChI is InChI=1S/C14H20F3N5O2S/c1-2-24-11(23)5-3-4-8-25-13-19-7-6-10(22-13)21-12(18)20-9-14(15,16)17/h6-7H,2-5,8-9H2,1H3,(H3,18,19,20,21,22). The topological polar surface area (TPSA) is 102 Å². The van der Waals surface area contributed by atoms with E-state index in [9.17, 15) is 18.0 Å². The lowest BCUT2D eigenvalue weighted by molar-refractivity contribution is -0.143. The molecule has 0 amide bonds. The third-order valence-corrected chi connectivity index (χ3v) is 3.58. The first-order valence-electron chi connectivity index (χ1n) is 7.55. The van der Waals surface area contributed by atoms with Crippen LogP contribution in [0.3, 0.4) is 0 Å². The molecule has 11 heteroatoms. The second-order valence-corrected chi connectivity index (χ2v) is 5.84. The number of unbranched alkanes of at least 4 members (excludes halogenated alkanes) is 1. The Morgan fingerprint density at radius 3 is 2.88 bits per heavy atom. The number of aromatic nitrogens is 2. The molecule has 25 heavy (non-hydrogen) atoms. The van der Waals surface area contributed by atoms with Crippen molar-refractivity contribution in [2.75, 3.05) is 24.2 Å². The van der Waals surface area contributed by atoms with Gasteiger partial charge in [0.1, 0.15) is 12.4 Å². The van der Waals surface area contributed by atoms with E-state index >= 15 is 0 Å². The molecule has 1 aromatic rings. The maximum atomic E-state index is 12.1. The minimum Gasteiger partial charge on any atom is -0.466 e. The lowest BCUT2D eigenvalue weighted by atomic mass is 10.2. The smallest absolute Gasteiger partial charge is 0.408 e. The number of rotatable bonds is 9. The summed E-state index contributed by atoms with van der Waals surface area (Å²) in [6.07, 6.45) is -1.11. The molecule has 0 saturated heterocycles. The fourth-order valence-corrected chi connectivity index (χ4v) is 2.42. The maximum absolute atomic E-state index is 12.1. The fourth-order valence-electron chi connectivity index (χ4n) is 1.59. The summed E-state index contributed by atoms with van der Waals surface area (Å²) < 4.78 is 41.0. The predicted octanol–water partition coefficient (Wildman–Crippen LogP) is 2.59. The molecular weight excluding hydrogens is 359 g/mol. The molecule has 0 spiro atoms. The molecule has 3 N–H and O–H groups in total. The number of halogens is 3. The van der Waals surface area contributed by atoms with E-state index in [-0.39, 0.29) is 17.7 Å². The molecule has 7 nitrogen and oxygen atoms in total. The summed E-state index contributed by atoms with van der Waals surface area (Å²) in [6, 6.07) is 1.47. The Morgan fingerprint density at radius 2 is 2.20 bits per heavy atom. The van der Waals surface area contributed by atoms with Crippen LogP contribution in [0, 0.1) is 0 Å². The van der Waals surface area contributed by atoms with Crippen LogP contribution in [-0.2, 0) is 9.53 Å². The van der Waals surface area contributed by atoms with Crippen molar-refractivity contribution >= 4 is 29.5 Å². The number of ether oxygens (including phenoxy) is 1. The van der Waals surface area contributed by atoms with Crippen molar-refractivity contribution in [3.63, 3.8) is 0 Å². The van der Waals surface area contributed by atoms with E-state index < -0.39 is 12.7 Å². The molecule has 0 saturated carbocycles. The molecule has 0 bridgehead atoms. The van der Waals surface area contributed by atoms with Gasteiger partial charge in [0.25, 0.3) is 0 Å². The van der Waals surface area contributed by atoms with Gasteiger partial charge in [-0.1, -0.05) is 11.8 Å². The van der Waals surface area contributed by atoms with Gasteiger partial charge in [-0.2, -0.15) is 13.2 Å². The summed E-state index contributed by atoms with van der Waals surface area (Å²) in [5.74, 6) is 0.359. The van der Waals surface area contributed by atoms with Gasteiger partial charge in [0, 0.05) is 18.4 Å². The number of hydrogen-bond acceptors (Lipinski definition) is 6. The highest BCUT2D eigenvalue weighted by atomic mass is 32.2. The zero-order valence-corrected chi connectivity index (χ0v) is 14.5. The highest BCUT2D eigenvalue weighted by molar-refractivity contribution is 7.99. The highest BCUT2D eigenvalue weighted by Gasteiger charge is 2.26. The number of anilines is 1. The van der Waals surface area contributed by atoms with Crippen LogP contribution in [0.2, 0.25) is 0 Å². The second-order valence-electron chi connectivity index (χ2n) is 4.78. The Kier molecular flexibility index (Phi) is 9.03. The van der Waals surface area contributed by atoms with Crippen LogP contribution >= 0.6 is 11.8 Å². The van der Waals surface area contributed by atoms with Gasteiger partial charge in [-0.05, 0) is 25.8 Å². The van der Waals surface area contributed by atoms with Crippen LogP contribution in [0.1, 0.15) is 26.2 Å². The molecule has 1 rings (SSSR count). The van der Waals surface area contributed by atoms with Crippen molar-refractivity contribution in [3.8, 4) is 0 Å². The SMILES string of the molecule is CCOC(=O)CCCCSc1nccc(NC(N)=NCC(F)(F)F)n1. The molecule has 1 aromatic heterocycles. The molecule has 0 aliphatic carbocycles. The van der Waals surface area contributed by atoms with Gasteiger partial charge in [-0.15, -0.1) is 0 Å². The van der Waals surface area contributed by atoms with Gasteiger partial charge in [0.2, 0.25) is 0 Å². The van der Waals surface area contributed by atoms with Crippen LogP contribution in [0.25, 0.3) is 0 Å². The van der Waals surface area contributed by atoms with Crippen molar-refractivity contribution in [2.24, 2.45) is 10.7 Å². The number of nitrogens with two attached hydrogens (primary N) is 1. The summed E-state index contributed by atoms with van der Waals surface area (Å²) in [5.41, 5.74) is 5.38. The largest absolute Gasteiger partial charge is 0.466 e. The molecule has 0 radical (unpaired) electrons. The van der Waals surface area contributed by atoms with Gasteiger partial charge < -0.3 is 15.8 Å². The Balaban J connectivity index is 2.38. The van der Waals surface area contributed by atoms with E-state index in [1.54, 1.807) is 6.92 Å². The Hall–Kier alpha value is -2.04. The first-order valence-corrected chi connectivity index (χ1v) is 8.54. The number of nitrogens with one attached hydrogen (secondary N) is 1. The summed E-state index contributed by atoms with van der Waals surface area (Å²) in [4.78, 5) is 22.5. The molecule has 0 unspecified atom stereocenters. The van der Waals surface area contributed by atoms with Crippen LogP contribution in [0.15, 0.2) is 22.4 Å². The van der Waals surface area contributed by atoms with Crippen molar-refractivity contribution in [1.29, 1.82) is 0 Å². The van der Waals surface area contributed by atoms with Crippen LogP contribution < -0.4 is 11.1 Å². The summed E-state index contributed by atoms with van der Waals surface area (Å²) in [5, 5.41) is 2.94. The summed E-state index contributed by atoms with van der Waals surface area (Å²) in [6.45, 7) is 0.766. The van der Waals surface area contributed by atoms with Crippen LogP contribution in [0.5, 0.6) is 0 Å². The van der Waals surface area contributed by atoms with E-state index in [0.29, 0.717) is 30.4 Å². The Bertz CT molecular complexity index is 584. The van der Waals surface area contributed by atoms with Gasteiger partial charge in [-0.3, -0.25) is 4.79 Å². The number of nitrogens with zero attached hydrogens (tertiary/aromatic N) is 3. The lowest BCUT2D eigenvalue weighted by Crippen LogP contribution is -2.26. The average molecular weight is 379 g/mol. The van der Waals surface area contributed by atoms with Gasteiger partial charge >= 0.3 is 12.1 Å². The number of alkyl halides is 3. The minimum absolute atomic E-state index is 0.219. The number of thioether (sulfide) groups is 1. The summed E-state index contributed by atoms with van der Waals surface area (Å²) >= 11 is 1.37. The van der Waals surface area contributed by atoms with E-state index in [4.69, 9.17) is 10.5 Å². The number of guanidine groups is 1. The lowest BCUT2D eigenvalue weighted by Gasteiger charge is -2.07. The molecule has 0 fully saturated rings. The third-order valence-electron chi connectivity index (χ3n) is 2.63. The Labute approximate surface area is 147 Å². The van der Waals surface area contributed by atoms with Crippen molar-refractivity contribution < 1.29 is 22.7 Å². The van der Waals surface area contributed by atoms with Crippen LogP contribution in [0.4, 0.5) is 19.0 Å². The molecule has 1 heterocycles. The second kappa shape index (κ2) is 10.7. The van der Waals surface area contributed by atoms with Crippen molar-refractivity contribution in [1.82, 2.24) is 9.97 Å². The first-order chi connectivity index (χ1) is 11.8. The molecule has 0 atom stereocenters. The molecule has 0 aliphatic rings. The van der Waals surface area contributed by atoms with E-state index in [2.05, 4.69) is 20.3 Å². The first kappa shape index (κ1) is 21.0. The molecule has 140 valence electrons. The predicted molar refractivity (Wildman–Crippen MR) is 89.4 cm³/mol. The van der Waals surface area contributed by atoms with Gasteiger partial charge in [0.05, 0.1) is 6.61 Å². The highest BCUT2D eigenvalue weighted by Crippen LogP contribution is 2.17. The normalized spacial score (nSPS) is 12.1. The zero-order valence-electron chi connectivity index (χ0n) is 13.7. The Morgan fingerprint density at radius 1 is 1.44 bits per heavy atom. The van der Waals surface area contributed by atoms with E-state index in [1.807, 2.05) is 0 Å². The minimum atomic E-state index is -4.41.